The van der Waals surface area contributed by atoms with E-state index in [1.807, 2.05) is 6.07 Å². The van der Waals surface area contributed by atoms with Crippen LogP contribution in [-0.4, -0.2) is 44.3 Å². The Balaban J connectivity index is 1.53. The van der Waals surface area contributed by atoms with Crippen LogP contribution in [0.1, 0.15) is 17.5 Å². The molecule has 2 aromatic rings. The number of hydrogen-bond acceptors (Lipinski definition) is 3. The first-order valence-corrected chi connectivity index (χ1v) is 9.13. The molecule has 0 unspecified atom stereocenters. The molecule has 0 spiro atoms. The van der Waals surface area contributed by atoms with Crippen molar-refractivity contribution in [3.05, 3.63) is 58.6 Å². The van der Waals surface area contributed by atoms with Gasteiger partial charge in [-0.15, -0.1) is 0 Å². The van der Waals surface area contributed by atoms with Crippen LogP contribution in [0.3, 0.4) is 0 Å². The van der Waals surface area contributed by atoms with E-state index < -0.39 is 0 Å². The highest BCUT2D eigenvalue weighted by molar-refractivity contribution is 6.30. The smallest absolute Gasteiger partial charge is 0.0594 e. The fourth-order valence-corrected chi connectivity index (χ4v) is 3.88. The zero-order valence-electron chi connectivity index (χ0n) is 13.9. The molecule has 2 aliphatic rings. The first-order chi connectivity index (χ1) is 11.8. The van der Waals surface area contributed by atoms with Crippen LogP contribution in [0, 0.1) is 0 Å². The van der Waals surface area contributed by atoms with Crippen molar-refractivity contribution >= 4 is 23.0 Å². The summed E-state index contributed by atoms with van der Waals surface area (Å²) >= 11 is 6.28. The van der Waals surface area contributed by atoms with Crippen LogP contribution in [0.15, 0.2) is 42.5 Å². The van der Waals surface area contributed by atoms with Gasteiger partial charge in [-0.1, -0.05) is 35.9 Å². The summed E-state index contributed by atoms with van der Waals surface area (Å²) in [5.41, 5.74) is 5.36. The van der Waals surface area contributed by atoms with E-state index in [0.29, 0.717) is 0 Å². The Morgan fingerprint density at radius 3 is 2.58 bits per heavy atom. The van der Waals surface area contributed by atoms with Crippen molar-refractivity contribution in [1.29, 1.82) is 0 Å². The van der Waals surface area contributed by atoms with Gasteiger partial charge in [0, 0.05) is 49.0 Å². The van der Waals surface area contributed by atoms with Gasteiger partial charge in [0.15, 0.2) is 0 Å². The lowest BCUT2D eigenvalue weighted by Gasteiger charge is -2.34. The quantitative estimate of drug-likeness (QED) is 0.831. The van der Waals surface area contributed by atoms with E-state index in [1.54, 1.807) is 0 Å². The number of morpholine rings is 1. The number of benzene rings is 2. The fourth-order valence-electron chi connectivity index (χ4n) is 3.71. The largest absolute Gasteiger partial charge is 0.379 e. The molecule has 1 fully saturated rings. The topological polar surface area (TPSA) is 15.7 Å². The summed E-state index contributed by atoms with van der Waals surface area (Å²) in [4.78, 5) is 4.94. The van der Waals surface area contributed by atoms with Gasteiger partial charge in [-0.3, -0.25) is 4.90 Å². The summed E-state index contributed by atoms with van der Waals surface area (Å²) in [5.74, 6) is 0. The molecule has 0 saturated carbocycles. The zero-order chi connectivity index (χ0) is 16.4. The van der Waals surface area contributed by atoms with Gasteiger partial charge >= 0.3 is 0 Å². The maximum Gasteiger partial charge on any atom is 0.0594 e. The molecule has 0 bridgehead atoms. The Bertz CT molecular complexity index is 713. The van der Waals surface area contributed by atoms with E-state index in [9.17, 15) is 0 Å². The molecular weight excluding hydrogens is 320 g/mol. The van der Waals surface area contributed by atoms with Crippen molar-refractivity contribution in [3.8, 4) is 0 Å². The number of fused-ring (bicyclic) bond motifs is 2. The van der Waals surface area contributed by atoms with Crippen LogP contribution in [0.2, 0.25) is 5.02 Å². The van der Waals surface area contributed by atoms with E-state index >= 15 is 0 Å². The van der Waals surface area contributed by atoms with Gasteiger partial charge in [0.25, 0.3) is 0 Å². The zero-order valence-corrected chi connectivity index (χ0v) is 14.6. The van der Waals surface area contributed by atoms with Gasteiger partial charge in [-0.25, -0.2) is 0 Å². The Morgan fingerprint density at radius 1 is 0.917 bits per heavy atom. The van der Waals surface area contributed by atoms with Crippen molar-refractivity contribution in [2.45, 2.75) is 12.8 Å². The monoisotopic (exact) mass is 342 g/mol. The van der Waals surface area contributed by atoms with E-state index in [1.165, 1.54) is 22.5 Å². The predicted molar refractivity (Wildman–Crippen MR) is 99.6 cm³/mol. The van der Waals surface area contributed by atoms with Crippen LogP contribution >= 0.6 is 11.6 Å². The number of nitrogens with zero attached hydrogens (tertiary/aromatic N) is 2. The number of anilines is 2. The lowest BCUT2D eigenvalue weighted by molar-refractivity contribution is 0.0377. The van der Waals surface area contributed by atoms with Crippen molar-refractivity contribution < 1.29 is 4.74 Å². The van der Waals surface area contributed by atoms with E-state index in [2.05, 4.69) is 46.2 Å². The molecule has 0 aliphatic carbocycles. The molecule has 2 aromatic carbocycles. The minimum Gasteiger partial charge on any atom is -0.379 e. The van der Waals surface area contributed by atoms with E-state index in [4.69, 9.17) is 16.3 Å². The molecule has 126 valence electrons. The molecule has 2 heterocycles. The highest BCUT2D eigenvalue weighted by Gasteiger charge is 2.22. The molecule has 0 aromatic heterocycles. The average molecular weight is 343 g/mol. The van der Waals surface area contributed by atoms with Crippen molar-refractivity contribution in [2.75, 3.05) is 44.3 Å². The first kappa shape index (κ1) is 15.9. The number of ether oxygens (including phenoxy) is 1. The summed E-state index contributed by atoms with van der Waals surface area (Å²) in [5, 5.41) is 0.811. The number of para-hydroxylation sites is 1. The highest BCUT2D eigenvalue weighted by atomic mass is 35.5. The number of halogens is 1. The Labute approximate surface area is 148 Å². The van der Waals surface area contributed by atoms with Gasteiger partial charge < -0.3 is 9.64 Å². The van der Waals surface area contributed by atoms with E-state index in [0.717, 1.165) is 57.3 Å². The minimum atomic E-state index is 0.811. The Morgan fingerprint density at radius 2 is 1.71 bits per heavy atom. The molecule has 0 amide bonds. The van der Waals surface area contributed by atoms with Crippen LogP contribution in [0.4, 0.5) is 11.4 Å². The molecule has 4 rings (SSSR count). The Hall–Kier alpha value is -1.55. The van der Waals surface area contributed by atoms with Crippen molar-refractivity contribution in [2.24, 2.45) is 0 Å². The second kappa shape index (κ2) is 7.14. The molecule has 0 N–H and O–H groups in total. The van der Waals surface area contributed by atoms with Crippen LogP contribution in [0.25, 0.3) is 0 Å². The van der Waals surface area contributed by atoms with Gasteiger partial charge in [-0.2, -0.15) is 0 Å². The standard InChI is InChI=1S/C20H23ClN2O/c21-18-7-6-17-14-16-4-1-2-5-19(16)23(20(17)15-18)9-3-8-22-10-12-24-13-11-22/h1-2,4-7,15H,3,8-14H2. The third-order valence-corrected chi connectivity index (χ3v) is 5.20. The number of rotatable bonds is 4. The molecule has 24 heavy (non-hydrogen) atoms. The summed E-state index contributed by atoms with van der Waals surface area (Å²) in [6.45, 7) is 5.98. The van der Waals surface area contributed by atoms with Crippen LogP contribution < -0.4 is 4.90 Å². The van der Waals surface area contributed by atoms with Crippen molar-refractivity contribution in [3.63, 3.8) is 0 Å². The lowest BCUT2D eigenvalue weighted by atomic mass is 9.95. The predicted octanol–water partition coefficient (Wildman–Crippen LogP) is 4.10. The first-order valence-electron chi connectivity index (χ1n) is 8.75. The summed E-state index contributed by atoms with van der Waals surface area (Å²) < 4.78 is 5.44. The number of hydrogen-bond donors (Lipinski definition) is 0. The molecule has 2 aliphatic heterocycles. The van der Waals surface area contributed by atoms with Crippen molar-refractivity contribution in [1.82, 2.24) is 4.90 Å². The van der Waals surface area contributed by atoms with Gasteiger partial charge in [0.05, 0.1) is 13.2 Å². The SMILES string of the molecule is Clc1ccc2c(c1)N(CCCN1CCOCC1)c1ccccc1C2. The molecule has 4 heteroatoms. The average Bonchev–Trinajstić information content (AvgIpc) is 2.62. The summed E-state index contributed by atoms with van der Waals surface area (Å²) in [6, 6.07) is 15.0. The second-order valence-corrected chi connectivity index (χ2v) is 6.97. The summed E-state index contributed by atoms with van der Waals surface area (Å²) in [6.07, 6.45) is 2.13. The minimum absolute atomic E-state index is 0.811. The van der Waals surface area contributed by atoms with Crippen LogP contribution in [0.5, 0.6) is 0 Å². The molecule has 3 nitrogen and oxygen atoms in total. The third kappa shape index (κ3) is 3.30. The second-order valence-electron chi connectivity index (χ2n) is 6.54. The molecule has 0 atom stereocenters. The third-order valence-electron chi connectivity index (χ3n) is 4.96. The molecular formula is C20H23ClN2O. The van der Waals surface area contributed by atoms with Gasteiger partial charge in [-0.05, 0) is 35.7 Å². The normalized spacial score (nSPS) is 17.5. The Kier molecular flexibility index (Phi) is 4.74. The van der Waals surface area contributed by atoms with Crippen LogP contribution in [-0.2, 0) is 11.2 Å². The van der Waals surface area contributed by atoms with E-state index in [-0.39, 0.29) is 0 Å². The van der Waals surface area contributed by atoms with Gasteiger partial charge in [0.2, 0.25) is 0 Å². The highest BCUT2D eigenvalue weighted by Crippen LogP contribution is 2.39. The lowest BCUT2D eigenvalue weighted by Crippen LogP contribution is -2.38. The molecule has 0 radical (unpaired) electrons. The molecule has 1 saturated heterocycles. The summed E-state index contributed by atoms with van der Waals surface area (Å²) in [7, 11) is 0. The maximum atomic E-state index is 6.28. The van der Waals surface area contributed by atoms with Gasteiger partial charge in [0.1, 0.15) is 0 Å². The maximum absolute atomic E-state index is 6.28. The fraction of sp³-hybridized carbons (Fsp3) is 0.400.